The van der Waals surface area contributed by atoms with Gasteiger partial charge < -0.3 is 10.4 Å². The van der Waals surface area contributed by atoms with Gasteiger partial charge in [-0.05, 0) is 42.3 Å². The van der Waals surface area contributed by atoms with E-state index in [-0.39, 0.29) is 12.4 Å². The number of aromatic nitrogens is 1. The fraction of sp³-hybridized carbons (Fsp3) is 0.0667. The Morgan fingerprint density at radius 2 is 1.95 bits per heavy atom. The molecule has 21 heavy (non-hydrogen) atoms. The van der Waals surface area contributed by atoms with Crippen molar-refractivity contribution in [2.75, 3.05) is 17.2 Å². The standard InChI is InChI=1S/C15H12FN3O2/c16-11-6-8-13(9-7-11)18-15(21)19-14-5-1-3-12(17-14)4-2-10-20/h1,3,5-9,20H,10H2,(H2,17,18,19,21). The van der Waals surface area contributed by atoms with E-state index in [0.717, 1.165) is 0 Å². The van der Waals surface area contributed by atoms with Gasteiger partial charge in [0, 0.05) is 5.69 Å². The molecule has 2 amide bonds. The molecule has 3 N–H and O–H groups in total. The van der Waals surface area contributed by atoms with E-state index in [1.54, 1.807) is 18.2 Å². The van der Waals surface area contributed by atoms with E-state index in [0.29, 0.717) is 17.2 Å². The molecule has 0 spiro atoms. The molecule has 0 fully saturated rings. The molecule has 0 aliphatic carbocycles. The summed E-state index contributed by atoms with van der Waals surface area (Å²) in [6.45, 7) is -0.260. The minimum atomic E-state index is -0.499. The Hall–Kier alpha value is -2.91. The molecule has 6 heteroatoms. The van der Waals surface area contributed by atoms with Crippen molar-refractivity contribution in [3.05, 3.63) is 54.0 Å². The van der Waals surface area contributed by atoms with Gasteiger partial charge in [-0.3, -0.25) is 5.32 Å². The summed E-state index contributed by atoms with van der Waals surface area (Å²) in [4.78, 5) is 15.8. The Labute approximate surface area is 120 Å². The van der Waals surface area contributed by atoms with Crippen molar-refractivity contribution in [2.45, 2.75) is 0 Å². The van der Waals surface area contributed by atoms with Crippen LogP contribution < -0.4 is 10.6 Å². The molecule has 0 unspecified atom stereocenters. The lowest BCUT2D eigenvalue weighted by Crippen LogP contribution is -2.20. The number of carbonyl (C=O) groups excluding carboxylic acids is 1. The molecule has 1 heterocycles. The SMILES string of the molecule is O=C(Nc1ccc(F)cc1)Nc1cccc(C#CCO)n1. The Balaban J connectivity index is 2.00. The summed E-state index contributed by atoms with van der Waals surface area (Å²) >= 11 is 0. The summed E-state index contributed by atoms with van der Waals surface area (Å²) in [5, 5.41) is 13.7. The summed E-state index contributed by atoms with van der Waals surface area (Å²) in [5.41, 5.74) is 0.897. The molecular formula is C15H12FN3O2. The van der Waals surface area contributed by atoms with E-state index in [9.17, 15) is 9.18 Å². The van der Waals surface area contributed by atoms with Gasteiger partial charge in [-0.2, -0.15) is 0 Å². The first kappa shape index (κ1) is 14.5. The summed E-state index contributed by atoms with van der Waals surface area (Å²) in [6.07, 6.45) is 0. The maximum absolute atomic E-state index is 12.7. The number of urea groups is 1. The summed E-state index contributed by atoms with van der Waals surface area (Å²) in [6, 6.07) is 9.85. The number of nitrogens with zero attached hydrogens (tertiary/aromatic N) is 1. The number of carbonyl (C=O) groups is 1. The quantitative estimate of drug-likeness (QED) is 0.741. The molecule has 0 atom stereocenters. The number of hydrogen-bond donors (Lipinski definition) is 3. The van der Waals surface area contributed by atoms with Crippen molar-refractivity contribution < 1.29 is 14.3 Å². The van der Waals surface area contributed by atoms with Crippen LogP contribution in [0.25, 0.3) is 0 Å². The first-order valence-electron chi connectivity index (χ1n) is 6.08. The predicted molar refractivity (Wildman–Crippen MR) is 77.2 cm³/mol. The second kappa shape index (κ2) is 7.03. The number of halogens is 1. The zero-order chi connectivity index (χ0) is 15.1. The molecule has 0 bridgehead atoms. The average molecular weight is 285 g/mol. The molecule has 0 saturated carbocycles. The fourth-order valence-corrected chi connectivity index (χ4v) is 1.52. The number of hydrogen-bond acceptors (Lipinski definition) is 3. The van der Waals surface area contributed by atoms with E-state index >= 15 is 0 Å². The number of pyridine rings is 1. The third-order valence-corrected chi connectivity index (χ3v) is 2.39. The number of benzene rings is 1. The average Bonchev–Trinajstić information content (AvgIpc) is 2.48. The number of nitrogens with one attached hydrogen (secondary N) is 2. The van der Waals surface area contributed by atoms with Crippen LogP contribution >= 0.6 is 0 Å². The van der Waals surface area contributed by atoms with Gasteiger partial charge in [0.05, 0.1) is 0 Å². The monoisotopic (exact) mass is 285 g/mol. The molecule has 0 radical (unpaired) electrons. The summed E-state index contributed by atoms with van der Waals surface area (Å²) in [7, 11) is 0. The number of rotatable bonds is 2. The molecule has 2 aromatic rings. The van der Waals surface area contributed by atoms with Crippen LogP contribution in [0.4, 0.5) is 20.7 Å². The maximum atomic E-state index is 12.7. The van der Waals surface area contributed by atoms with Crippen molar-refractivity contribution >= 4 is 17.5 Å². The maximum Gasteiger partial charge on any atom is 0.324 e. The molecule has 2 rings (SSSR count). The van der Waals surface area contributed by atoms with Gasteiger partial charge in [0.15, 0.2) is 0 Å². The minimum absolute atomic E-state index is 0.260. The molecular weight excluding hydrogens is 273 g/mol. The molecule has 106 valence electrons. The number of anilines is 2. The van der Waals surface area contributed by atoms with Gasteiger partial charge in [-0.1, -0.05) is 12.0 Å². The first-order valence-corrected chi connectivity index (χ1v) is 6.08. The van der Waals surface area contributed by atoms with E-state index in [2.05, 4.69) is 27.5 Å². The Bertz CT molecular complexity index is 690. The minimum Gasteiger partial charge on any atom is -0.384 e. The Morgan fingerprint density at radius 3 is 2.67 bits per heavy atom. The van der Waals surface area contributed by atoms with Crippen molar-refractivity contribution in [3.63, 3.8) is 0 Å². The van der Waals surface area contributed by atoms with Crippen LogP contribution in [0, 0.1) is 17.7 Å². The zero-order valence-corrected chi connectivity index (χ0v) is 10.9. The normalized spacial score (nSPS) is 9.43. The van der Waals surface area contributed by atoms with Gasteiger partial charge in [0.2, 0.25) is 0 Å². The second-order valence-electron chi connectivity index (χ2n) is 3.95. The van der Waals surface area contributed by atoms with Crippen LogP contribution in [-0.4, -0.2) is 22.7 Å². The molecule has 0 aliphatic heterocycles. The highest BCUT2D eigenvalue weighted by molar-refractivity contribution is 5.99. The second-order valence-corrected chi connectivity index (χ2v) is 3.95. The number of amides is 2. The molecule has 5 nitrogen and oxygen atoms in total. The molecule has 0 saturated heterocycles. The van der Waals surface area contributed by atoms with Crippen LogP contribution in [0.1, 0.15) is 5.69 Å². The molecule has 1 aromatic heterocycles. The van der Waals surface area contributed by atoms with Gasteiger partial charge in [-0.15, -0.1) is 0 Å². The summed E-state index contributed by atoms with van der Waals surface area (Å²) < 4.78 is 12.7. The number of aliphatic hydroxyl groups excluding tert-OH is 1. The highest BCUT2D eigenvalue weighted by atomic mass is 19.1. The van der Waals surface area contributed by atoms with E-state index in [1.165, 1.54) is 24.3 Å². The molecule has 0 aliphatic rings. The first-order chi connectivity index (χ1) is 10.2. The van der Waals surface area contributed by atoms with Crippen LogP contribution in [0.3, 0.4) is 0 Å². The highest BCUT2D eigenvalue weighted by Crippen LogP contribution is 2.09. The Kier molecular flexibility index (Phi) is 4.85. The van der Waals surface area contributed by atoms with E-state index < -0.39 is 6.03 Å². The van der Waals surface area contributed by atoms with Gasteiger partial charge >= 0.3 is 6.03 Å². The lowest BCUT2D eigenvalue weighted by Gasteiger charge is -2.07. The highest BCUT2D eigenvalue weighted by Gasteiger charge is 2.04. The van der Waals surface area contributed by atoms with Crippen molar-refractivity contribution in [2.24, 2.45) is 0 Å². The number of aliphatic hydroxyl groups is 1. The van der Waals surface area contributed by atoms with Crippen molar-refractivity contribution in [3.8, 4) is 11.8 Å². The summed E-state index contributed by atoms with van der Waals surface area (Å²) in [5.74, 6) is 5.05. The predicted octanol–water partition coefficient (Wildman–Crippen LogP) is 2.21. The van der Waals surface area contributed by atoms with Crippen LogP contribution in [0.2, 0.25) is 0 Å². The molecule has 1 aromatic carbocycles. The Morgan fingerprint density at radius 1 is 1.19 bits per heavy atom. The van der Waals surface area contributed by atoms with Crippen molar-refractivity contribution in [1.29, 1.82) is 0 Å². The lowest BCUT2D eigenvalue weighted by atomic mass is 10.3. The smallest absolute Gasteiger partial charge is 0.324 e. The van der Waals surface area contributed by atoms with Crippen molar-refractivity contribution in [1.82, 2.24) is 4.98 Å². The lowest BCUT2D eigenvalue weighted by molar-refractivity contribution is 0.262. The van der Waals surface area contributed by atoms with Crippen LogP contribution in [-0.2, 0) is 0 Å². The topological polar surface area (TPSA) is 74.2 Å². The van der Waals surface area contributed by atoms with Gasteiger partial charge in [-0.25, -0.2) is 14.2 Å². The van der Waals surface area contributed by atoms with E-state index in [4.69, 9.17) is 5.11 Å². The van der Waals surface area contributed by atoms with Crippen LogP contribution in [0.15, 0.2) is 42.5 Å². The largest absolute Gasteiger partial charge is 0.384 e. The van der Waals surface area contributed by atoms with Gasteiger partial charge in [0.25, 0.3) is 0 Å². The third kappa shape index (κ3) is 4.60. The van der Waals surface area contributed by atoms with Gasteiger partial charge in [0.1, 0.15) is 23.9 Å². The third-order valence-electron chi connectivity index (χ3n) is 2.39. The zero-order valence-electron chi connectivity index (χ0n) is 10.9. The fourth-order valence-electron chi connectivity index (χ4n) is 1.52. The van der Waals surface area contributed by atoms with E-state index in [1.807, 2.05) is 0 Å². The van der Waals surface area contributed by atoms with Crippen LogP contribution in [0.5, 0.6) is 0 Å².